The molecule has 2 heteroatoms. The molecule has 1 atom stereocenters. The van der Waals surface area contributed by atoms with E-state index >= 15 is 0 Å². The van der Waals surface area contributed by atoms with Gasteiger partial charge in [0.15, 0.2) is 0 Å². The van der Waals surface area contributed by atoms with Crippen molar-refractivity contribution >= 4 is 0 Å². The third kappa shape index (κ3) is 3.04. The van der Waals surface area contributed by atoms with E-state index in [1.807, 2.05) is 0 Å². The first-order valence-electron chi connectivity index (χ1n) is 8.97. The number of benzene rings is 2. The first-order chi connectivity index (χ1) is 11.9. The van der Waals surface area contributed by atoms with Crippen molar-refractivity contribution in [3.63, 3.8) is 0 Å². The highest BCUT2D eigenvalue weighted by Gasteiger charge is 2.46. The lowest BCUT2D eigenvalue weighted by Gasteiger charge is -2.38. The fraction of sp³-hybridized carbons (Fsp3) is 0.364. The van der Waals surface area contributed by atoms with Crippen LogP contribution >= 0.6 is 0 Å². The summed E-state index contributed by atoms with van der Waals surface area (Å²) in [5.74, 6) is 0. The van der Waals surface area contributed by atoms with Gasteiger partial charge in [0.2, 0.25) is 0 Å². The second kappa shape index (κ2) is 6.92. The fourth-order valence-electron chi connectivity index (χ4n) is 4.20. The average Bonchev–Trinajstić information content (AvgIpc) is 3.17. The molecule has 1 aliphatic heterocycles. The number of nitrogens with zero attached hydrogens (tertiary/aromatic N) is 1. The van der Waals surface area contributed by atoms with Crippen LogP contribution in [0.15, 0.2) is 72.3 Å². The van der Waals surface area contributed by atoms with E-state index in [-0.39, 0.29) is 5.54 Å². The molecule has 2 nitrogen and oxygen atoms in total. The molecule has 0 bridgehead atoms. The van der Waals surface area contributed by atoms with Crippen LogP contribution in [-0.4, -0.2) is 23.6 Å². The van der Waals surface area contributed by atoms with Gasteiger partial charge in [-0.2, -0.15) is 0 Å². The zero-order chi connectivity index (χ0) is 16.2. The van der Waals surface area contributed by atoms with Gasteiger partial charge < -0.3 is 4.74 Å². The van der Waals surface area contributed by atoms with Crippen LogP contribution < -0.4 is 0 Å². The predicted octanol–water partition coefficient (Wildman–Crippen LogP) is 4.57. The Balaban J connectivity index is 1.45. The minimum Gasteiger partial charge on any atom is -0.374 e. The zero-order valence-electron chi connectivity index (χ0n) is 14.2. The maximum atomic E-state index is 6.19. The van der Waals surface area contributed by atoms with Crippen molar-refractivity contribution < 1.29 is 4.74 Å². The van der Waals surface area contributed by atoms with Crippen LogP contribution in [0.25, 0.3) is 0 Å². The lowest BCUT2D eigenvalue weighted by atomic mass is 9.94. The second-order valence-electron chi connectivity index (χ2n) is 6.96. The van der Waals surface area contributed by atoms with E-state index < -0.39 is 0 Å². The summed E-state index contributed by atoms with van der Waals surface area (Å²) in [6.07, 6.45) is 6.19. The highest BCUT2D eigenvalue weighted by molar-refractivity contribution is 5.32. The maximum Gasteiger partial charge on any atom is 0.0717 e. The summed E-state index contributed by atoms with van der Waals surface area (Å²) in [4.78, 5) is 2.62. The van der Waals surface area contributed by atoms with Crippen molar-refractivity contribution in [2.45, 2.75) is 38.0 Å². The van der Waals surface area contributed by atoms with Crippen LogP contribution in [0, 0.1) is 0 Å². The molecule has 1 fully saturated rings. The number of rotatable bonds is 6. The number of fused-ring (bicyclic) bond motifs is 1. The van der Waals surface area contributed by atoms with E-state index in [1.54, 1.807) is 5.57 Å². The van der Waals surface area contributed by atoms with Crippen molar-refractivity contribution in [2.24, 2.45) is 0 Å². The fourth-order valence-corrected chi connectivity index (χ4v) is 4.20. The third-order valence-electron chi connectivity index (χ3n) is 5.47. The smallest absolute Gasteiger partial charge is 0.0717 e. The summed E-state index contributed by atoms with van der Waals surface area (Å²) < 4.78 is 6.19. The van der Waals surface area contributed by atoms with Crippen molar-refractivity contribution in [1.82, 2.24) is 4.90 Å². The molecule has 0 saturated heterocycles. The summed E-state index contributed by atoms with van der Waals surface area (Å²) in [7, 11) is 0. The molecule has 1 heterocycles. The molecule has 0 radical (unpaired) electrons. The molecule has 2 aromatic rings. The van der Waals surface area contributed by atoms with Crippen LogP contribution in [0.5, 0.6) is 0 Å². The molecule has 1 aliphatic carbocycles. The van der Waals surface area contributed by atoms with E-state index in [2.05, 4.69) is 71.6 Å². The summed E-state index contributed by atoms with van der Waals surface area (Å²) in [6, 6.07) is 21.3. The van der Waals surface area contributed by atoms with Gasteiger partial charge in [-0.3, -0.25) is 4.90 Å². The Labute approximate surface area is 144 Å². The highest BCUT2D eigenvalue weighted by atomic mass is 16.5. The van der Waals surface area contributed by atoms with Crippen molar-refractivity contribution in [1.29, 1.82) is 0 Å². The van der Waals surface area contributed by atoms with E-state index in [1.165, 1.54) is 30.4 Å². The summed E-state index contributed by atoms with van der Waals surface area (Å²) in [6.45, 7) is 3.57. The van der Waals surface area contributed by atoms with Crippen LogP contribution in [-0.2, 0) is 17.9 Å². The number of hydrogen-bond donors (Lipinski definition) is 0. The van der Waals surface area contributed by atoms with Crippen molar-refractivity contribution in [2.75, 3.05) is 13.2 Å². The topological polar surface area (TPSA) is 12.5 Å². The molecule has 0 aromatic heterocycles. The molecule has 24 heavy (non-hydrogen) atoms. The van der Waals surface area contributed by atoms with Gasteiger partial charge in [-0.05, 0) is 30.4 Å². The van der Waals surface area contributed by atoms with E-state index in [9.17, 15) is 0 Å². The Morgan fingerprint density at radius 1 is 0.917 bits per heavy atom. The lowest BCUT2D eigenvalue weighted by Crippen LogP contribution is -2.47. The molecule has 0 amide bonds. The Morgan fingerprint density at radius 2 is 1.62 bits per heavy atom. The highest BCUT2D eigenvalue weighted by Crippen LogP contribution is 2.44. The Kier molecular flexibility index (Phi) is 4.50. The Bertz CT molecular complexity index is 694. The van der Waals surface area contributed by atoms with E-state index in [0.29, 0.717) is 6.61 Å². The largest absolute Gasteiger partial charge is 0.374 e. The number of ether oxygens (including phenoxy) is 1. The maximum absolute atomic E-state index is 6.19. The second-order valence-corrected chi connectivity index (χ2v) is 6.96. The minimum atomic E-state index is 0.130. The van der Waals surface area contributed by atoms with Gasteiger partial charge >= 0.3 is 0 Å². The summed E-state index contributed by atoms with van der Waals surface area (Å²) >= 11 is 0. The van der Waals surface area contributed by atoms with Crippen LogP contribution in [0.3, 0.4) is 0 Å². The third-order valence-corrected chi connectivity index (χ3v) is 5.47. The molecule has 2 aliphatic rings. The minimum absolute atomic E-state index is 0.130. The molecule has 0 unspecified atom stereocenters. The van der Waals surface area contributed by atoms with Crippen LogP contribution in [0.4, 0.5) is 0 Å². The van der Waals surface area contributed by atoms with Crippen molar-refractivity contribution in [3.05, 3.63) is 83.4 Å². The molecular formula is C22H25NO. The molecule has 0 spiro atoms. The molecule has 4 rings (SSSR count). The van der Waals surface area contributed by atoms with Gasteiger partial charge in [-0.1, -0.05) is 72.3 Å². The average molecular weight is 319 g/mol. The quantitative estimate of drug-likeness (QED) is 0.723. The molecule has 0 N–H and O–H groups in total. The predicted molar refractivity (Wildman–Crippen MR) is 97.6 cm³/mol. The summed E-state index contributed by atoms with van der Waals surface area (Å²) in [5.41, 5.74) is 4.38. The van der Waals surface area contributed by atoms with Gasteiger partial charge in [0.1, 0.15) is 0 Å². The first kappa shape index (κ1) is 15.6. The summed E-state index contributed by atoms with van der Waals surface area (Å²) in [5, 5.41) is 0. The molecular weight excluding hydrogens is 294 g/mol. The van der Waals surface area contributed by atoms with Gasteiger partial charge in [-0.25, -0.2) is 0 Å². The lowest BCUT2D eigenvalue weighted by molar-refractivity contribution is 0.0170. The molecule has 124 valence electrons. The Morgan fingerprint density at radius 3 is 2.38 bits per heavy atom. The Hall–Kier alpha value is -1.90. The molecule has 1 saturated carbocycles. The first-order valence-corrected chi connectivity index (χ1v) is 8.97. The SMILES string of the molecule is C1=C2CCC[C@]2(COCc2ccccc2)N(Cc2ccccc2)C1. The zero-order valence-corrected chi connectivity index (χ0v) is 14.2. The standard InChI is InChI=1S/C22H25NO/c1-3-8-19(9-4-1)16-23-15-13-21-12-7-14-22(21,23)18-24-17-20-10-5-2-6-11-20/h1-6,8-11,13H,7,12,14-18H2/t22-/m1/s1. The monoisotopic (exact) mass is 319 g/mol. The van der Waals surface area contributed by atoms with Crippen LogP contribution in [0.1, 0.15) is 30.4 Å². The van der Waals surface area contributed by atoms with Crippen LogP contribution in [0.2, 0.25) is 0 Å². The van der Waals surface area contributed by atoms with E-state index in [0.717, 1.165) is 19.7 Å². The molecule has 2 aromatic carbocycles. The van der Waals surface area contributed by atoms with Gasteiger partial charge in [0.05, 0.1) is 18.8 Å². The number of hydrogen-bond acceptors (Lipinski definition) is 2. The van der Waals surface area contributed by atoms with E-state index in [4.69, 9.17) is 4.74 Å². The van der Waals surface area contributed by atoms with Gasteiger partial charge in [0, 0.05) is 13.1 Å². The van der Waals surface area contributed by atoms with Gasteiger partial charge in [-0.15, -0.1) is 0 Å². The van der Waals surface area contributed by atoms with Crippen molar-refractivity contribution in [3.8, 4) is 0 Å². The van der Waals surface area contributed by atoms with Gasteiger partial charge in [0.25, 0.3) is 0 Å². The normalized spacial score (nSPS) is 23.2.